The fourth-order valence-corrected chi connectivity index (χ4v) is 1.77. The van der Waals surface area contributed by atoms with Crippen molar-refractivity contribution in [2.75, 3.05) is 51.7 Å². The maximum absolute atomic E-state index is 12.1. The van der Waals surface area contributed by atoms with Crippen molar-refractivity contribution < 1.29 is 14.3 Å². The Morgan fingerprint density at radius 2 is 1.79 bits per heavy atom. The fraction of sp³-hybridized carbons (Fsp3) is 0.500. The van der Waals surface area contributed by atoms with Crippen LogP contribution in [0.15, 0.2) is 12.1 Å². The highest BCUT2D eigenvalue weighted by atomic mass is 16.5. The zero-order valence-corrected chi connectivity index (χ0v) is 12.5. The molecule has 0 saturated carbocycles. The molecule has 0 amide bonds. The third kappa shape index (κ3) is 3.30. The fourth-order valence-electron chi connectivity index (χ4n) is 1.77. The van der Waals surface area contributed by atoms with Crippen LogP contribution in [0, 0.1) is 0 Å². The molecule has 0 saturated heterocycles. The summed E-state index contributed by atoms with van der Waals surface area (Å²) < 4.78 is 10.4. The number of hydrogen-bond donors (Lipinski definition) is 0. The van der Waals surface area contributed by atoms with Gasteiger partial charge in [-0.3, -0.25) is 0 Å². The average molecular weight is 266 g/mol. The zero-order chi connectivity index (χ0) is 14.6. The summed E-state index contributed by atoms with van der Waals surface area (Å²) in [5.41, 5.74) is 2.20. The summed E-state index contributed by atoms with van der Waals surface area (Å²) in [7, 11) is 9.21. The van der Waals surface area contributed by atoms with Gasteiger partial charge in [0.05, 0.1) is 19.4 Å². The maximum Gasteiger partial charge on any atom is 0.344 e. The molecule has 0 aliphatic rings. The van der Waals surface area contributed by atoms with Gasteiger partial charge in [0.1, 0.15) is 11.3 Å². The van der Waals surface area contributed by atoms with E-state index in [0.29, 0.717) is 17.9 Å². The quantitative estimate of drug-likeness (QED) is 0.763. The van der Waals surface area contributed by atoms with Gasteiger partial charge in [-0.15, -0.1) is 0 Å². The minimum atomic E-state index is -0.367. The Balaban J connectivity index is 3.45. The van der Waals surface area contributed by atoms with E-state index in [2.05, 4.69) is 0 Å². The van der Waals surface area contributed by atoms with E-state index in [1.807, 2.05) is 50.1 Å². The van der Waals surface area contributed by atoms with Gasteiger partial charge in [-0.1, -0.05) is 0 Å². The van der Waals surface area contributed by atoms with Gasteiger partial charge in [0.25, 0.3) is 0 Å². The van der Waals surface area contributed by atoms with Gasteiger partial charge in [-0.2, -0.15) is 0 Å². The first kappa shape index (κ1) is 15.1. The predicted octanol–water partition coefficient (Wildman–Crippen LogP) is 2.00. The molecule has 0 heterocycles. The molecule has 1 aromatic rings. The maximum atomic E-state index is 12.1. The van der Waals surface area contributed by atoms with Crippen LogP contribution in [0.4, 0.5) is 11.4 Å². The molecular weight excluding hydrogens is 244 g/mol. The number of nitrogens with zero attached hydrogens (tertiary/aromatic N) is 2. The topological polar surface area (TPSA) is 42.0 Å². The highest BCUT2D eigenvalue weighted by Crippen LogP contribution is 2.34. The Kier molecular flexibility index (Phi) is 5.03. The Morgan fingerprint density at radius 1 is 1.16 bits per heavy atom. The van der Waals surface area contributed by atoms with Crippen LogP contribution in [-0.4, -0.2) is 47.9 Å². The first-order chi connectivity index (χ1) is 8.92. The summed E-state index contributed by atoms with van der Waals surface area (Å²) in [6.45, 7) is 2.12. The number of anilines is 2. The van der Waals surface area contributed by atoms with Crippen molar-refractivity contribution in [3.63, 3.8) is 0 Å². The molecule has 0 N–H and O–H groups in total. The summed E-state index contributed by atoms with van der Waals surface area (Å²) in [6, 6.07) is 3.77. The minimum Gasteiger partial charge on any atom is -0.496 e. The molecular formula is C14H22N2O3. The summed E-state index contributed by atoms with van der Waals surface area (Å²) in [5.74, 6) is 0.154. The number of methoxy groups -OCH3 is 1. The van der Waals surface area contributed by atoms with E-state index in [-0.39, 0.29) is 5.97 Å². The molecule has 0 unspecified atom stereocenters. The lowest BCUT2D eigenvalue weighted by molar-refractivity contribution is 0.0523. The van der Waals surface area contributed by atoms with E-state index in [1.54, 1.807) is 14.0 Å². The van der Waals surface area contributed by atoms with E-state index in [1.165, 1.54) is 0 Å². The smallest absolute Gasteiger partial charge is 0.344 e. The molecule has 0 bridgehead atoms. The van der Waals surface area contributed by atoms with E-state index >= 15 is 0 Å². The van der Waals surface area contributed by atoms with Crippen molar-refractivity contribution in [2.45, 2.75) is 6.92 Å². The first-order valence-corrected chi connectivity index (χ1v) is 6.16. The zero-order valence-electron chi connectivity index (χ0n) is 12.5. The van der Waals surface area contributed by atoms with E-state index in [0.717, 1.165) is 11.4 Å². The third-order valence-electron chi connectivity index (χ3n) is 2.76. The van der Waals surface area contributed by atoms with Crippen molar-refractivity contribution in [3.05, 3.63) is 17.7 Å². The standard InChI is InChI=1S/C14H22N2O3/c1-7-19-14(17)13-11(16(4)5)8-10(15(2)3)9-12(13)18-6/h8-9H,7H2,1-6H3. The minimum absolute atomic E-state index is 0.338. The van der Waals surface area contributed by atoms with Crippen LogP contribution in [0.25, 0.3) is 0 Å². The van der Waals surface area contributed by atoms with E-state index in [9.17, 15) is 4.79 Å². The van der Waals surface area contributed by atoms with Gasteiger partial charge in [-0.25, -0.2) is 4.79 Å². The number of esters is 1. The van der Waals surface area contributed by atoms with Gasteiger partial charge < -0.3 is 19.3 Å². The van der Waals surface area contributed by atoms with Crippen LogP contribution in [0.5, 0.6) is 5.75 Å². The van der Waals surface area contributed by atoms with E-state index in [4.69, 9.17) is 9.47 Å². The molecule has 1 aromatic carbocycles. The lowest BCUT2D eigenvalue weighted by Crippen LogP contribution is -2.18. The number of rotatable bonds is 5. The van der Waals surface area contributed by atoms with E-state index < -0.39 is 0 Å². The largest absolute Gasteiger partial charge is 0.496 e. The van der Waals surface area contributed by atoms with Gasteiger partial charge in [0, 0.05) is 39.9 Å². The molecule has 1 rings (SSSR count). The third-order valence-corrected chi connectivity index (χ3v) is 2.76. The normalized spacial score (nSPS) is 10.0. The van der Waals surface area contributed by atoms with Crippen molar-refractivity contribution in [3.8, 4) is 5.75 Å². The monoisotopic (exact) mass is 266 g/mol. The molecule has 19 heavy (non-hydrogen) atoms. The van der Waals surface area contributed by atoms with Crippen molar-refractivity contribution in [1.82, 2.24) is 0 Å². The van der Waals surface area contributed by atoms with Crippen molar-refractivity contribution in [1.29, 1.82) is 0 Å². The van der Waals surface area contributed by atoms with Crippen LogP contribution in [0.1, 0.15) is 17.3 Å². The first-order valence-electron chi connectivity index (χ1n) is 6.16. The summed E-state index contributed by atoms with van der Waals surface area (Å²) in [6.07, 6.45) is 0. The van der Waals surface area contributed by atoms with Crippen LogP contribution in [0.3, 0.4) is 0 Å². The number of carbonyl (C=O) groups is 1. The molecule has 0 aliphatic carbocycles. The Morgan fingerprint density at radius 3 is 2.21 bits per heavy atom. The van der Waals surface area contributed by atoms with Crippen LogP contribution >= 0.6 is 0 Å². The lowest BCUT2D eigenvalue weighted by Gasteiger charge is -2.22. The van der Waals surface area contributed by atoms with Crippen LogP contribution < -0.4 is 14.5 Å². The SMILES string of the molecule is CCOC(=O)c1c(OC)cc(N(C)C)cc1N(C)C. The molecule has 0 spiro atoms. The predicted molar refractivity (Wildman–Crippen MR) is 77.6 cm³/mol. The number of carbonyl (C=O) groups excluding carboxylic acids is 1. The number of ether oxygens (including phenoxy) is 2. The summed E-state index contributed by atoms with van der Waals surface area (Å²) in [4.78, 5) is 15.9. The molecule has 0 aliphatic heterocycles. The number of benzene rings is 1. The molecule has 106 valence electrons. The molecule has 0 radical (unpaired) electrons. The average Bonchev–Trinajstić information content (AvgIpc) is 2.36. The molecule has 0 atom stereocenters. The Hall–Kier alpha value is -1.91. The second kappa shape index (κ2) is 6.31. The van der Waals surface area contributed by atoms with Gasteiger partial charge in [0.15, 0.2) is 0 Å². The van der Waals surface area contributed by atoms with Gasteiger partial charge in [-0.05, 0) is 13.0 Å². The van der Waals surface area contributed by atoms with Crippen molar-refractivity contribution >= 4 is 17.3 Å². The Bertz CT molecular complexity index is 456. The second-order valence-corrected chi connectivity index (χ2v) is 4.55. The van der Waals surface area contributed by atoms with Crippen molar-refractivity contribution in [2.24, 2.45) is 0 Å². The van der Waals surface area contributed by atoms with Crippen LogP contribution in [-0.2, 0) is 4.74 Å². The molecule has 0 fully saturated rings. The highest BCUT2D eigenvalue weighted by molar-refractivity contribution is 6.00. The second-order valence-electron chi connectivity index (χ2n) is 4.55. The highest BCUT2D eigenvalue weighted by Gasteiger charge is 2.21. The Labute approximate surface area is 114 Å². The molecule has 0 aromatic heterocycles. The number of hydrogen-bond acceptors (Lipinski definition) is 5. The molecule has 5 heteroatoms. The van der Waals surface area contributed by atoms with Gasteiger partial charge in [0.2, 0.25) is 0 Å². The lowest BCUT2D eigenvalue weighted by atomic mass is 10.1. The van der Waals surface area contributed by atoms with Gasteiger partial charge >= 0.3 is 5.97 Å². The van der Waals surface area contributed by atoms with Crippen LogP contribution in [0.2, 0.25) is 0 Å². The molecule has 5 nitrogen and oxygen atoms in total. The summed E-state index contributed by atoms with van der Waals surface area (Å²) >= 11 is 0. The summed E-state index contributed by atoms with van der Waals surface area (Å²) in [5, 5.41) is 0.